The Morgan fingerprint density at radius 3 is 2.52 bits per heavy atom. The number of amides is 2. The predicted octanol–water partition coefficient (Wildman–Crippen LogP) is 2.65. The van der Waals surface area contributed by atoms with Crippen molar-refractivity contribution in [2.45, 2.75) is 26.0 Å². The van der Waals surface area contributed by atoms with Gasteiger partial charge in [-0.05, 0) is 42.0 Å². The molecule has 1 heterocycles. The van der Waals surface area contributed by atoms with E-state index < -0.39 is 0 Å². The first-order chi connectivity index (χ1) is 12.0. The minimum absolute atomic E-state index is 0.0151. The summed E-state index contributed by atoms with van der Waals surface area (Å²) in [4.78, 5) is 24.9. The highest BCUT2D eigenvalue weighted by Gasteiger charge is 2.30. The van der Waals surface area contributed by atoms with Crippen LogP contribution < -0.4 is 15.0 Å². The molecule has 1 saturated heterocycles. The van der Waals surface area contributed by atoms with E-state index in [4.69, 9.17) is 4.74 Å². The summed E-state index contributed by atoms with van der Waals surface area (Å²) < 4.78 is 18.5. The first kappa shape index (κ1) is 17.0. The van der Waals surface area contributed by atoms with E-state index in [0.29, 0.717) is 25.3 Å². The SMILES string of the molecule is CC(=O)N[C@H]1CC(=O)N(c2ccc(OCc3ccc(F)cc3)cc2)C1. The fraction of sp³-hybridized carbons (Fsp3) is 0.263. The van der Waals surface area contributed by atoms with Crippen molar-refractivity contribution in [3.8, 4) is 5.75 Å². The van der Waals surface area contributed by atoms with E-state index in [1.807, 2.05) is 12.1 Å². The van der Waals surface area contributed by atoms with Gasteiger partial charge in [-0.1, -0.05) is 12.1 Å². The Morgan fingerprint density at radius 2 is 1.88 bits per heavy atom. The molecule has 0 aliphatic carbocycles. The highest BCUT2D eigenvalue weighted by molar-refractivity contribution is 5.96. The van der Waals surface area contributed by atoms with E-state index in [1.165, 1.54) is 19.1 Å². The number of carbonyl (C=O) groups excluding carboxylic acids is 2. The number of rotatable bonds is 5. The van der Waals surface area contributed by atoms with Gasteiger partial charge in [-0.25, -0.2) is 4.39 Å². The largest absolute Gasteiger partial charge is 0.489 e. The van der Waals surface area contributed by atoms with Crippen molar-refractivity contribution in [1.82, 2.24) is 5.32 Å². The van der Waals surface area contributed by atoms with Crippen molar-refractivity contribution in [3.63, 3.8) is 0 Å². The zero-order valence-electron chi connectivity index (χ0n) is 13.9. The minimum atomic E-state index is -0.277. The molecule has 1 fully saturated rings. The molecule has 1 aliphatic rings. The van der Waals surface area contributed by atoms with Gasteiger partial charge in [0.05, 0.1) is 6.04 Å². The predicted molar refractivity (Wildman–Crippen MR) is 91.7 cm³/mol. The van der Waals surface area contributed by atoms with E-state index in [-0.39, 0.29) is 23.7 Å². The molecule has 0 bridgehead atoms. The lowest BCUT2D eigenvalue weighted by Gasteiger charge is -2.17. The third-order valence-corrected chi connectivity index (χ3v) is 4.00. The Kier molecular flexibility index (Phi) is 4.97. The molecule has 2 aromatic rings. The number of hydrogen-bond acceptors (Lipinski definition) is 3. The lowest BCUT2D eigenvalue weighted by molar-refractivity contribution is -0.119. The molecular weight excluding hydrogens is 323 g/mol. The van der Waals surface area contributed by atoms with Gasteiger partial charge in [0, 0.05) is 25.6 Å². The average Bonchev–Trinajstić information content (AvgIpc) is 2.94. The molecule has 0 spiro atoms. The fourth-order valence-electron chi connectivity index (χ4n) is 2.81. The highest BCUT2D eigenvalue weighted by atomic mass is 19.1. The molecule has 25 heavy (non-hydrogen) atoms. The third-order valence-electron chi connectivity index (χ3n) is 4.00. The molecule has 3 rings (SSSR count). The number of nitrogens with one attached hydrogen (secondary N) is 1. The quantitative estimate of drug-likeness (QED) is 0.909. The number of anilines is 1. The summed E-state index contributed by atoms with van der Waals surface area (Å²) in [5.74, 6) is 0.238. The molecule has 5 nitrogen and oxygen atoms in total. The summed E-state index contributed by atoms with van der Waals surface area (Å²) in [5, 5.41) is 2.77. The standard InChI is InChI=1S/C19H19FN2O3/c1-13(23)21-16-10-19(24)22(11-16)17-6-8-18(9-7-17)25-12-14-2-4-15(20)5-3-14/h2-9,16H,10-12H2,1H3,(H,21,23)/t16-/m0/s1. The molecule has 6 heteroatoms. The van der Waals surface area contributed by atoms with E-state index in [2.05, 4.69) is 5.32 Å². The molecule has 2 amide bonds. The zero-order valence-corrected chi connectivity index (χ0v) is 13.9. The summed E-state index contributed by atoms with van der Waals surface area (Å²) in [6.45, 7) is 2.25. The van der Waals surface area contributed by atoms with E-state index in [9.17, 15) is 14.0 Å². The number of hydrogen-bond donors (Lipinski definition) is 1. The Bertz CT molecular complexity index is 759. The summed E-state index contributed by atoms with van der Waals surface area (Å²) in [5.41, 5.74) is 1.64. The Balaban J connectivity index is 1.59. The van der Waals surface area contributed by atoms with Gasteiger partial charge in [0.25, 0.3) is 0 Å². The number of carbonyl (C=O) groups is 2. The second-order valence-electron chi connectivity index (χ2n) is 6.01. The van der Waals surface area contributed by atoms with Crippen LogP contribution in [0.1, 0.15) is 18.9 Å². The Morgan fingerprint density at radius 1 is 1.20 bits per heavy atom. The third kappa shape index (κ3) is 4.35. The maximum Gasteiger partial charge on any atom is 0.229 e. The van der Waals surface area contributed by atoms with Crippen LogP contribution in [0.4, 0.5) is 10.1 Å². The van der Waals surface area contributed by atoms with Crippen LogP contribution in [0.25, 0.3) is 0 Å². The Hall–Kier alpha value is -2.89. The Labute approximate surface area is 145 Å². The smallest absolute Gasteiger partial charge is 0.229 e. The second kappa shape index (κ2) is 7.34. The van der Waals surface area contributed by atoms with Gasteiger partial charge in [-0.15, -0.1) is 0 Å². The molecule has 130 valence electrons. The molecule has 0 saturated carbocycles. The van der Waals surface area contributed by atoms with Crippen molar-refractivity contribution in [1.29, 1.82) is 0 Å². The van der Waals surface area contributed by atoms with Gasteiger partial charge in [0.1, 0.15) is 18.2 Å². The summed E-state index contributed by atoms with van der Waals surface area (Å²) in [6, 6.07) is 13.2. The lowest BCUT2D eigenvalue weighted by Crippen LogP contribution is -2.35. The van der Waals surface area contributed by atoms with Crippen LogP contribution in [0.2, 0.25) is 0 Å². The number of nitrogens with zero attached hydrogens (tertiary/aromatic N) is 1. The van der Waals surface area contributed by atoms with E-state index >= 15 is 0 Å². The fourth-order valence-corrected chi connectivity index (χ4v) is 2.81. The summed E-state index contributed by atoms with van der Waals surface area (Å²) in [6.07, 6.45) is 0.308. The molecule has 0 aromatic heterocycles. The molecule has 1 atom stereocenters. The van der Waals surface area contributed by atoms with Gasteiger partial charge in [0.2, 0.25) is 11.8 Å². The van der Waals surface area contributed by atoms with Crippen LogP contribution in [-0.4, -0.2) is 24.4 Å². The van der Waals surface area contributed by atoms with Crippen LogP contribution in [0.5, 0.6) is 5.75 Å². The molecule has 1 N–H and O–H groups in total. The van der Waals surface area contributed by atoms with Gasteiger partial charge in [-0.2, -0.15) is 0 Å². The number of benzene rings is 2. The first-order valence-corrected chi connectivity index (χ1v) is 8.06. The summed E-state index contributed by atoms with van der Waals surface area (Å²) in [7, 11) is 0. The number of ether oxygens (including phenoxy) is 1. The van der Waals surface area contributed by atoms with Crippen LogP contribution in [-0.2, 0) is 16.2 Å². The van der Waals surface area contributed by atoms with Crippen LogP contribution in [0.3, 0.4) is 0 Å². The maximum atomic E-state index is 12.9. The van der Waals surface area contributed by atoms with Gasteiger partial charge < -0.3 is 15.0 Å². The average molecular weight is 342 g/mol. The van der Waals surface area contributed by atoms with Crippen LogP contribution in [0.15, 0.2) is 48.5 Å². The van der Waals surface area contributed by atoms with Crippen molar-refractivity contribution in [3.05, 3.63) is 59.9 Å². The number of halogens is 1. The van der Waals surface area contributed by atoms with E-state index in [0.717, 1.165) is 11.3 Å². The molecule has 0 radical (unpaired) electrons. The van der Waals surface area contributed by atoms with Crippen LogP contribution >= 0.6 is 0 Å². The van der Waals surface area contributed by atoms with Crippen molar-refractivity contribution in [2.24, 2.45) is 0 Å². The normalized spacial score (nSPS) is 16.8. The highest BCUT2D eigenvalue weighted by Crippen LogP contribution is 2.24. The van der Waals surface area contributed by atoms with Crippen molar-refractivity contribution in [2.75, 3.05) is 11.4 Å². The van der Waals surface area contributed by atoms with Gasteiger partial charge in [-0.3, -0.25) is 9.59 Å². The zero-order chi connectivity index (χ0) is 17.8. The molecular formula is C19H19FN2O3. The lowest BCUT2D eigenvalue weighted by atomic mass is 10.2. The summed E-state index contributed by atoms with van der Waals surface area (Å²) >= 11 is 0. The van der Waals surface area contributed by atoms with Crippen molar-refractivity contribution >= 4 is 17.5 Å². The monoisotopic (exact) mass is 342 g/mol. The first-order valence-electron chi connectivity index (χ1n) is 8.06. The topological polar surface area (TPSA) is 58.6 Å². The van der Waals surface area contributed by atoms with Gasteiger partial charge >= 0.3 is 0 Å². The molecule has 0 unspecified atom stereocenters. The molecule has 1 aliphatic heterocycles. The second-order valence-corrected chi connectivity index (χ2v) is 6.01. The van der Waals surface area contributed by atoms with Crippen LogP contribution in [0, 0.1) is 5.82 Å². The van der Waals surface area contributed by atoms with Gasteiger partial charge in [0.15, 0.2) is 0 Å². The minimum Gasteiger partial charge on any atom is -0.489 e. The molecule has 2 aromatic carbocycles. The maximum absolute atomic E-state index is 12.9. The van der Waals surface area contributed by atoms with E-state index in [1.54, 1.807) is 29.2 Å². The van der Waals surface area contributed by atoms with Crippen molar-refractivity contribution < 1.29 is 18.7 Å².